The fourth-order valence-corrected chi connectivity index (χ4v) is 3.73. The Labute approximate surface area is 174 Å². The van der Waals surface area contributed by atoms with Crippen LogP contribution in [0.2, 0.25) is 0 Å². The number of amides is 1. The number of hydrogen-bond acceptors (Lipinski definition) is 4. The van der Waals surface area contributed by atoms with Crippen molar-refractivity contribution < 1.29 is 9.53 Å². The number of likely N-dealkylation sites (N-methyl/N-ethyl adjacent to an activating group) is 1. The molecule has 2 N–H and O–H groups in total. The molecule has 7 heteroatoms. The largest absolute Gasteiger partial charge is 0.376 e. The molecule has 2 aliphatic heterocycles. The molecule has 2 fully saturated rings. The Morgan fingerprint density at radius 2 is 1.97 bits per heavy atom. The SMILES string of the molecule is CN(C)C(=O)CN=C(NCC1CCCO1)NC1CCN(Cc2ccccc2)CC1. The van der Waals surface area contributed by atoms with Gasteiger partial charge in [-0.25, -0.2) is 4.99 Å². The smallest absolute Gasteiger partial charge is 0.243 e. The third kappa shape index (κ3) is 7.33. The number of likely N-dealkylation sites (tertiary alicyclic amines) is 1. The maximum Gasteiger partial charge on any atom is 0.243 e. The average molecular weight is 402 g/mol. The Kier molecular flexibility index (Phi) is 8.31. The molecule has 1 aromatic rings. The summed E-state index contributed by atoms with van der Waals surface area (Å²) in [7, 11) is 3.51. The Hall–Kier alpha value is -2.12. The number of piperidine rings is 1. The molecule has 0 bridgehead atoms. The first-order valence-corrected chi connectivity index (χ1v) is 10.7. The molecule has 0 aromatic heterocycles. The Morgan fingerprint density at radius 1 is 1.21 bits per heavy atom. The molecule has 2 aliphatic rings. The van der Waals surface area contributed by atoms with Crippen molar-refractivity contribution in [3.63, 3.8) is 0 Å². The summed E-state index contributed by atoms with van der Waals surface area (Å²) < 4.78 is 5.70. The Bertz CT molecular complexity index is 650. The van der Waals surface area contributed by atoms with Crippen LogP contribution in [0.15, 0.2) is 35.3 Å². The van der Waals surface area contributed by atoms with Gasteiger partial charge in [0.15, 0.2) is 5.96 Å². The van der Waals surface area contributed by atoms with Crippen LogP contribution in [-0.2, 0) is 16.1 Å². The van der Waals surface area contributed by atoms with Gasteiger partial charge in [-0.3, -0.25) is 9.69 Å². The van der Waals surface area contributed by atoms with E-state index >= 15 is 0 Å². The van der Waals surface area contributed by atoms with E-state index in [1.807, 2.05) is 0 Å². The van der Waals surface area contributed by atoms with Crippen LogP contribution in [0.1, 0.15) is 31.2 Å². The average Bonchev–Trinajstić information content (AvgIpc) is 3.25. The van der Waals surface area contributed by atoms with Crippen molar-refractivity contribution >= 4 is 11.9 Å². The van der Waals surface area contributed by atoms with E-state index in [1.165, 1.54) is 5.56 Å². The minimum atomic E-state index is 0.000830. The third-order valence-corrected chi connectivity index (χ3v) is 5.57. The molecule has 3 rings (SSSR count). The lowest BCUT2D eigenvalue weighted by atomic mass is 10.0. The molecule has 160 valence electrons. The van der Waals surface area contributed by atoms with Crippen LogP contribution >= 0.6 is 0 Å². The number of nitrogens with one attached hydrogen (secondary N) is 2. The van der Waals surface area contributed by atoms with Crippen molar-refractivity contribution in [2.75, 3.05) is 46.9 Å². The molecule has 2 saturated heterocycles. The summed E-state index contributed by atoms with van der Waals surface area (Å²) in [6.45, 7) is 4.84. The molecule has 1 unspecified atom stereocenters. The van der Waals surface area contributed by atoms with Crippen molar-refractivity contribution in [3.8, 4) is 0 Å². The summed E-state index contributed by atoms with van der Waals surface area (Å²) in [4.78, 5) is 20.5. The first-order chi connectivity index (χ1) is 14.1. The molecule has 2 heterocycles. The molecule has 0 saturated carbocycles. The van der Waals surface area contributed by atoms with Gasteiger partial charge in [-0.05, 0) is 31.2 Å². The van der Waals surface area contributed by atoms with E-state index in [-0.39, 0.29) is 18.6 Å². The van der Waals surface area contributed by atoms with Gasteiger partial charge in [0.05, 0.1) is 6.10 Å². The molecule has 0 radical (unpaired) electrons. The van der Waals surface area contributed by atoms with Crippen LogP contribution in [-0.4, -0.2) is 80.7 Å². The number of nitrogens with zero attached hydrogens (tertiary/aromatic N) is 3. The third-order valence-electron chi connectivity index (χ3n) is 5.57. The maximum atomic E-state index is 11.9. The molecule has 0 aliphatic carbocycles. The second-order valence-electron chi connectivity index (χ2n) is 8.15. The van der Waals surface area contributed by atoms with E-state index in [4.69, 9.17) is 4.74 Å². The Morgan fingerprint density at radius 3 is 2.62 bits per heavy atom. The van der Waals surface area contributed by atoms with E-state index in [9.17, 15) is 4.79 Å². The monoisotopic (exact) mass is 401 g/mol. The highest BCUT2D eigenvalue weighted by molar-refractivity contribution is 5.84. The van der Waals surface area contributed by atoms with Crippen molar-refractivity contribution in [3.05, 3.63) is 35.9 Å². The van der Waals surface area contributed by atoms with Gasteiger partial charge in [0.2, 0.25) is 5.91 Å². The van der Waals surface area contributed by atoms with E-state index in [2.05, 4.69) is 50.9 Å². The van der Waals surface area contributed by atoms with Gasteiger partial charge in [0.25, 0.3) is 0 Å². The number of benzene rings is 1. The standard InChI is InChI=1S/C22H35N5O2/c1-26(2)21(28)16-24-22(23-15-20-9-6-14-29-20)25-19-10-12-27(13-11-19)17-18-7-4-3-5-8-18/h3-5,7-8,19-20H,6,9-17H2,1-2H3,(H2,23,24,25). The molecule has 0 spiro atoms. The number of carbonyl (C=O) groups is 1. The molecular formula is C22H35N5O2. The topological polar surface area (TPSA) is 69.2 Å². The first kappa shape index (κ1) is 21.6. The minimum Gasteiger partial charge on any atom is -0.376 e. The predicted octanol–water partition coefficient (Wildman–Crippen LogP) is 1.45. The van der Waals surface area contributed by atoms with E-state index < -0.39 is 0 Å². The van der Waals surface area contributed by atoms with Crippen LogP contribution in [0.5, 0.6) is 0 Å². The number of hydrogen-bond donors (Lipinski definition) is 2. The fourth-order valence-electron chi connectivity index (χ4n) is 3.73. The van der Waals surface area contributed by atoms with Crippen molar-refractivity contribution in [2.45, 2.75) is 44.4 Å². The van der Waals surface area contributed by atoms with Crippen molar-refractivity contribution in [1.82, 2.24) is 20.4 Å². The van der Waals surface area contributed by atoms with Gasteiger partial charge >= 0.3 is 0 Å². The van der Waals surface area contributed by atoms with Gasteiger partial charge < -0.3 is 20.3 Å². The van der Waals surface area contributed by atoms with E-state index in [1.54, 1.807) is 19.0 Å². The minimum absolute atomic E-state index is 0.000830. The fraction of sp³-hybridized carbons (Fsp3) is 0.636. The second-order valence-corrected chi connectivity index (χ2v) is 8.15. The quantitative estimate of drug-likeness (QED) is 0.535. The number of aliphatic imine (C=N–C) groups is 1. The summed E-state index contributed by atoms with van der Waals surface area (Å²) in [5.74, 6) is 0.720. The lowest BCUT2D eigenvalue weighted by molar-refractivity contribution is -0.127. The van der Waals surface area contributed by atoms with E-state index in [0.29, 0.717) is 6.04 Å². The zero-order valence-electron chi connectivity index (χ0n) is 17.8. The van der Waals surface area contributed by atoms with Gasteiger partial charge in [0, 0.05) is 52.9 Å². The summed E-state index contributed by atoms with van der Waals surface area (Å²) in [6.07, 6.45) is 4.56. The van der Waals surface area contributed by atoms with E-state index in [0.717, 1.165) is 64.4 Å². The summed E-state index contributed by atoms with van der Waals surface area (Å²) in [6, 6.07) is 11.0. The molecule has 1 aromatic carbocycles. The van der Waals surface area contributed by atoms with Gasteiger partial charge in [-0.15, -0.1) is 0 Å². The molecule has 7 nitrogen and oxygen atoms in total. The summed E-state index contributed by atoms with van der Waals surface area (Å²) in [5, 5.41) is 6.93. The predicted molar refractivity (Wildman–Crippen MR) is 116 cm³/mol. The summed E-state index contributed by atoms with van der Waals surface area (Å²) in [5.41, 5.74) is 1.36. The number of guanidine groups is 1. The second kappa shape index (κ2) is 11.2. The van der Waals surface area contributed by atoms with Crippen molar-refractivity contribution in [2.24, 2.45) is 4.99 Å². The van der Waals surface area contributed by atoms with Crippen LogP contribution in [0.4, 0.5) is 0 Å². The molecular weight excluding hydrogens is 366 g/mol. The molecule has 29 heavy (non-hydrogen) atoms. The van der Waals surface area contributed by atoms with Crippen LogP contribution in [0.25, 0.3) is 0 Å². The zero-order chi connectivity index (χ0) is 20.5. The van der Waals surface area contributed by atoms with Gasteiger partial charge in [-0.1, -0.05) is 30.3 Å². The highest BCUT2D eigenvalue weighted by Crippen LogP contribution is 2.14. The van der Waals surface area contributed by atoms with Crippen LogP contribution in [0, 0.1) is 0 Å². The number of carbonyl (C=O) groups excluding carboxylic acids is 1. The maximum absolute atomic E-state index is 11.9. The van der Waals surface area contributed by atoms with Crippen LogP contribution in [0.3, 0.4) is 0 Å². The lowest BCUT2D eigenvalue weighted by Crippen LogP contribution is -2.50. The number of rotatable bonds is 7. The van der Waals surface area contributed by atoms with Crippen molar-refractivity contribution in [1.29, 1.82) is 0 Å². The van der Waals surface area contributed by atoms with Gasteiger partial charge in [0.1, 0.15) is 6.54 Å². The first-order valence-electron chi connectivity index (χ1n) is 10.7. The molecule has 1 amide bonds. The number of ether oxygens (including phenoxy) is 1. The van der Waals surface area contributed by atoms with Gasteiger partial charge in [-0.2, -0.15) is 0 Å². The highest BCUT2D eigenvalue weighted by Gasteiger charge is 2.21. The van der Waals surface area contributed by atoms with Crippen LogP contribution < -0.4 is 10.6 Å². The highest BCUT2D eigenvalue weighted by atomic mass is 16.5. The zero-order valence-corrected chi connectivity index (χ0v) is 17.8. The molecule has 1 atom stereocenters. The lowest BCUT2D eigenvalue weighted by Gasteiger charge is -2.33. The normalized spacial score (nSPS) is 21.2. The summed E-state index contributed by atoms with van der Waals surface area (Å²) >= 11 is 0. The Balaban J connectivity index is 1.48.